The molecule has 1 aliphatic rings. The highest BCUT2D eigenvalue weighted by Crippen LogP contribution is 2.34. The van der Waals surface area contributed by atoms with Crippen LogP contribution in [0, 0.1) is 5.92 Å². The van der Waals surface area contributed by atoms with Crippen molar-refractivity contribution in [2.75, 3.05) is 0 Å². The summed E-state index contributed by atoms with van der Waals surface area (Å²) in [6.45, 7) is 1.60. The molecule has 0 heterocycles. The average molecular weight is 299 g/mol. The molecule has 2 nitrogen and oxygen atoms in total. The normalized spacial score (nSPS) is 18.3. The minimum atomic E-state index is -4.40. The van der Waals surface area contributed by atoms with Gasteiger partial charge in [-0.2, -0.15) is 13.2 Å². The van der Waals surface area contributed by atoms with Crippen LogP contribution in [0.3, 0.4) is 0 Å². The minimum absolute atomic E-state index is 0.0563. The Balaban J connectivity index is 2.10. The molecule has 1 aliphatic carbocycles. The van der Waals surface area contributed by atoms with Crippen LogP contribution in [-0.4, -0.2) is 5.91 Å². The molecule has 1 amide bonds. The monoisotopic (exact) mass is 299 g/mol. The lowest BCUT2D eigenvalue weighted by atomic mass is 9.88. The fourth-order valence-corrected chi connectivity index (χ4v) is 2.91. The second kappa shape index (κ2) is 6.50. The van der Waals surface area contributed by atoms with E-state index in [1.807, 2.05) is 0 Å². The molecule has 0 spiro atoms. The van der Waals surface area contributed by atoms with Crippen LogP contribution in [0.1, 0.15) is 56.2 Å². The zero-order valence-electron chi connectivity index (χ0n) is 12.0. The smallest absolute Gasteiger partial charge is 0.349 e. The zero-order chi connectivity index (χ0) is 15.5. The molecule has 5 heteroatoms. The lowest BCUT2D eigenvalue weighted by Crippen LogP contribution is -2.34. The number of carbonyl (C=O) groups is 1. The van der Waals surface area contributed by atoms with Crippen LogP contribution in [0.4, 0.5) is 13.2 Å². The van der Waals surface area contributed by atoms with Crippen molar-refractivity contribution in [3.63, 3.8) is 0 Å². The Morgan fingerprint density at radius 1 is 1.19 bits per heavy atom. The molecule has 21 heavy (non-hydrogen) atoms. The Morgan fingerprint density at radius 2 is 1.81 bits per heavy atom. The third kappa shape index (κ3) is 3.99. The van der Waals surface area contributed by atoms with E-state index in [2.05, 4.69) is 5.32 Å². The highest BCUT2D eigenvalue weighted by molar-refractivity contribution is 5.79. The van der Waals surface area contributed by atoms with E-state index in [-0.39, 0.29) is 17.4 Å². The molecule has 1 fully saturated rings. The van der Waals surface area contributed by atoms with Crippen LogP contribution in [-0.2, 0) is 11.0 Å². The van der Waals surface area contributed by atoms with Gasteiger partial charge in [0.1, 0.15) is 0 Å². The summed E-state index contributed by atoms with van der Waals surface area (Å²) in [5.41, 5.74) is -0.560. The summed E-state index contributed by atoms with van der Waals surface area (Å²) in [6, 6.07) is 4.76. The van der Waals surface area contributed by atoms with Gasteiger partial charge in [-0.3, -0.25) is 4.79 Å². The van der Waals surface area contributed by atoms with Crippen LogP contribution in [0.15, 0.2) is 24.3 Å². The maximum Gasteiger partial charge on any atom is 0.416 e. The number of alkyl halides is 3. The van der Waals surface area contributed by atoms with E-state index in [0.29, 0.717) is 0 Å². The lowest BCUT2D eigenvalue weighted by Gasteiger charge is -2.24. The van der Waals surface area contributed by atoms with Gasteiger partial charge >= 0.3 is 6.18 Å². The zero-order valence-corrected chi connectivity index (χ0v) is 12.0. The predicted octanol–water partition coefficient (Wildman–Crippen LogP) is 4.46. The van der Waals surface area contributed by atoms with E-state index in [1.54, 1.807) is 13.0 Å². The van der Waals surface area contributed by atoms with E-state index in [1.165, 1.54) is 12.1 Å². The van der Waals surface area contributed by atoms with Crippen molar-refractivity contribution in [1.29, 1.82) is 0 Å². The number of benzene rings is 1. The van der Waals surface area contributed by atoms with Gasteiger partial charge < -0.3 is 5.32 Å². The lowest BCUT2D eigenvalue weighted by molar-refractivity contribution is -0.139. The summed E-state index contributed by atoms with van der Waals surface area (Å²) < 4.78 is 39.0. The first-order valence-electron chi connectivity index (χ1n) is 7.36. The minimum Gasteiger partial charge on any atom is -0.349 e. The van der Waals surface area contributed by atoms with Gasteiger partial charge in [0.25, 0.3) is 0 Å². The summed E-state index contributed by atoms with van der Waals surface area (Å²) >= 11 is 0. The molecule has 1 aromatic carbocycles. The van der Waals surface area contributed by atoms with Gasteiger partial charge in [-0.05, 0) is 31.4 Å². The fraction of sp³-hybridized carbons (Fsp3) is 0.562. The molecule has 1 atom stereocenters. The predicted molar refractivity (Wildman–Crippen MR) is 74.6 cm³/mol. The second-order valence-corrected chi connectivity index (χ2v) is 5.65. The van der Waals surface area contributed by atoms with Crippen molar-refractivity contribution in [3.8, 4) is 0 Å². The van der Waals surface area contributed by atoms with Gasteiger partial charge in [0.2, 0.25) is 5.91 Å². The highest BCUT2D eigenvalue weighted by Gasteiger charge is 2.34. The van der Waals surface area contributed by atoms with Gasteiger partial charge in [0.05, 0.1) is 11.6 Å². The van der Waals surface area contributed by atoms with Crippen molar-refractivity contribution in [1.82, 2.24) is 5.32 Å². The summed E-state index contributed by atoms with van der Waals surface area (Å²) in [5.74, 6) is -0.182. The van der Waals surface area contributed by atoms with Gasteiger partial charge in [-0.15, -0.1) is 0 Å². The molecule has 2 rings (SSSR count). The Bertz CT molecular complexity index is 493. The second-order valence-electron chi connectivity index (χ2n) is 5.65. The molecule has 0 saturated heterocycles. The molecular weight excluding hydrogens is 279 g/mol. The largest absolute Gasteiger partial charge is 0.416 e. The molecular formula is C16H20F3NO. The third-order valence-corrected chi connectivity index (χ3v) is 4.07. The maximum atomic E-state index is 13.0. The first-order chi connectivity index (χ1) is 9.89. The summed E-state index contributed by atoms with van der Waals surface area (Å²) in [6.07, 6.45) is 0.437. The van der Waals surface area contributed by atoms with Crippen LogP contribution >= 0.6 is 0 Å². The van der Waals surface area contributed by atoms with Crippen molar-refractivity contribution in [3.05, 3.63) is 35.4 Å². The summed E-state index contributed by atoms with van der Waals surface area (Å²) in [5, 5.41) is 2.74. The molecule has 0 radical (unpaired) electrons. The van der Waals surface area contributed by atoms with Gasteiger partial charge in [-0.1, -0.05) is 37.5 Å². The summed E-state index contributed by atoms with van der Waals surface area (Å²) in [7, 11) is 0. The maximum absolute atomic E-state index is 13.0. The Morgan fingerprint density at radius 3 is 2.43 bits per heavy atom. The fourth-order valence-electron chi connectivity index (χ4n) is 2.91. The molecule has 1 saturated carbocycles. The number of amides is 1. The SMILES string of the molecule is C[C@H](NC(=O)C1CCCCC1)c1ccccc1C(F)(F)F. The standard InChI is InChI=1S/C16H20F3NO/c1-11(20-15(21)12-7-3-2-4-8-12)13-9-5-6-10-14(13)16(17,18)19/h5-6,9-12H,2-4,7-8H2,1H3,(H,20,21)/t11-/m0/s1. The van der Waals surface area contributed by atoms with Crippen molar-refractivity contribution in [2.24, 2.45) is 5.92 Å². The summed E-state index contributed by atoms with van der Waals surface area (Å²) in [4.78, 5) is 12.2. The number of halogens is 3. The molecule has 1 N–H and O–H groups in total. The Kier molecular flexibility index (Phi) is 4.91. The number of carbonyl (C=O) groups excluding carboxylic acids is 1. The Hall–Kier alpha value is -1.52. The molecule has 0 aliphatic heterocycles. The number of hydrogen-bond donors (Lipinski definition) is 1. The van der Waals surface area contributed by atoms with Crippen LogP contribution in [0.25, 0.3) is 0 Å². The average Bonchev–Trinajstić information content (AvgIpc) is 2.47. The van der Waals surface area contributed by atoms with Crippen LogP contribution in [0.5, 0.6) is 0 Å². The van der Waals surface area contributed by atoms with E-state index in [4.69, 9.17) is 0 Å². The van der Waals surface area contributed by atoms with E-state index >= 15 is 0 Å². The molecule has 0 bridgehead atoms. The number of nitrogens with one attached hydrogen (secondary N) is 1. The molecule has 1 aromatic rings. The third-order valence-electron chi connectivity index (χ3n) is 4.07. The molecule has 0 unspecified atom stereocenters. The van der Waals surface area contributed by atoms with Gasteiger partial charge in [0.15, 0.2) is 0 Å². The van der Waals surface area contributed by atoms with Crippen LogP contribution in [0.2, 0.25) is 0 Å². The number of rotatable bonds is 3. The first kappa shape index (κ1) is 15.9. The van der Waals surface area contributed by atoms with Crippen molar-refractivity contribution in [2.45, 2.75) is 51.2 Å². The van der Waals surface area contributed by atoms with Crippen LogP contribution < -0.4 is 5.32 Å². The highest BCUT2D eigenvalue weighted by atomic mass is 19.4. The van der Waals surface area contributed by atoms with E-state index in [0.717, 1.165) is 38.2 Å². The van der Waals surface area contributed by atoms with Crippen molar-refractivity contribution >= 4 is 5.91 Å². The molecule has 116 valence electrons. The topological polar surface area (TPSA) is 29.1 Å². The van der Waals surface area contributed by atoms with Crippen molar-refractivity contribution < 1.29 is 18.0 Å². The first-order valence-corrected chi connectivity index (χ1v) is 7.36. The Labute approximate surface area is 122 Å². The number of hydrogen-bond acceptors (Lipinski definition) is 1. The quantitative estimate of drug-likeness (QED) is 0.877. The van der Waals surface area contributed by atoms with E-state index in [9.17, 15) is 18.0 Å². The van der Waals surface area contributed by atoms with E-state index < -0.39 is 17.8 Å². The molecule has 0 aromatic heterocycles. The van der Waals surface area contributed by atoms with Gasteiger partial charge in [-0.25, -0.2) is 0 Å². The van der Waals surface area contributed by atoms with Gasteiger partial charge in [0, 0.05) is 5.92 Å².